The molecule has 1 aromatic carbocycles. The van der Waals surface area contributed by atoms with Gasteiger partial charge in [0.2, 0.25) is 0 Å². The number of ketones is 1. The molecule has 2 aliphatic rings. The van der Waals surface area contributed by atoms with Crippen molar-refractivity contribution < 1.29 is 9.53 Å². The van der Waals surface area contributed by atoms with Crippen molar-refractivity contribution in [2.45, 2.75) is 19.3 Å². The maximum Gasteiger partial charge on any atom is 0.186 e. The fourth-order valence-electron chi connectivity index (χ4n) is 2.52. The van der Waals surface area contributed by atoms with Gasteiger partial charge in [-0.1, -0.05) is 12.1 Å². The van der Waals surface area contributed by atoms with E-state index in [1.165, 1.54) is 10.7 Å². The maximum absolute atomic E-state index is 12.6. The van der Waals surface area contributed by atoms with Gasteiger partial charge >= 0.3 is 0 Å². The van der Waals surface area contributed by atoms with Gasteiger partial charge in [0.05, 0.1) is 7.11 Å². The lowest BCUT2D eigenvalue weighted by Gasteiger charge is -2.14. The molecule has 0 spiro atoms. The molecule has 3 rings (SSSR count). The molecule has 110 valence electrons. The number of rotatable bonds is 2. The Labute approximate surface area is 134 Å². The highest BCUT2D eigenvalue weighted by Gasteiger charge is 2.27. The van der Waals surface area contributed by atoms with Gasteiger partial charge in [-0.25, -0.2) is 0 Å². The molecule has 2 fully saturated rings. The number of methoxy groups -OCH3 is 1. The summed E-state index contributed by atoms with van der Waals surface area (Å²) in [5.74, 6) is 3.39. The third kappa shape index (κ3) is 3.38. The fourth-order valence-corrected chi connectivity index (χ4v) is 5.22. The van der Waals surface area contributed by atoms with E-state index in [2.05, 4.69) is 0 Å². The molecular weight excluding hydrogens is 300 g/mol. The molecule has 4 heteroatoms. The Kier molecular flexibility index (Phi) is 4.76. The van der Waals surface area contributed by atoms with E-state index in [-0.39, 0.29) is 5.78 Å². The summed E-state index contributed by atoms with van der Waals surface area (Å²) in [5.41, 5.74) is 3.05. The summed E-state index contributed by atoms with van der Waals surface area (Å²) in [7, 11) is 1.66. The molecule has 1 aliphatic heterocycles. The molecule has 1 heterocycles. The normalized spacial score (nSPS) is 21.2. The predicted octanol–water partition coefficient (Wildman–Crippen LogP) is 4.52. The average Bonchev–Trinajstić information content (AvgIpc) is 2.90. The first kappa shape index (κ1) is 14.8. The van der Waals surface area contributed by atoms with Crippen LogP contribution in [0.2, 0.25) is 0 Å². The van der Waals surface area contributed by atoms with E-state index in [9.17, 15) is 4.79 Å². The van der Waals surface area contributed by atoms with Crippen LogP contribution in [0.4, 0.5) is 0 Å². The molecule has 0 radical (unpaired) electrons. The van der Waals surface area contributed by atoms with Gasteiger partial charge < -0.3 is 4.74 Å². The highest BCUT2D eigenvalue weighted by Crippen LogP contribution is 2.42. The van der Waals surface area contributed by atoms with Crippen LogP contribution >= 0.6 is 23.5 Å². The van der Waals surface area contributed by atoms with Crippen molar-refractivity contribution in [3.8, 4) is 5.75 Å². The summed E-state index contributed by atoms with van der Waals surface area (Å²) in [6.07, 6.45) is 5.03. The molecule has 0 aromatic heterocycles. The standard InChI is InChI=1S/C17H18O2S2/c1-19-14-6-3-12(4-7-14)11-13-5-8-15(16(13)18)17-20-9-2-10-21-17/h3-4,6-7,11H,2,5,8-10H2,1H3/b13-11-. The van der Waals surface area contributed by atoms with E-state index in [0.29, 0.717) is 0 Å². The minimum atomic E-state index is 0.253. The molecule has 0 unspecified atom stereocenters. The van der Waals surface area contributed by atoms with Gasteiger partial charge in [0.1, 0.15) is 5.75 Å². The van der Waals surface area contributed by atoms with Gasteiger partial charge in [0, 0.05) is 15.4 Å². The van der Waals surface area contributed by atoms with E-state index < -0.39 is 0 Å². The Balaban J connectivity index is 1.80. The molecule has 1 aliphatic carbocycles. The Bertz CT molecular complexity index is 592. The number of thioether (sulfide) groups is 2. The van der Waals surface area contributed by atoms with Crippen LogP contribution in [0.3, 0.4) is 0 Å². The predicted molar refractivity (Wildman–Crippen MR) is 91.8 cm³/mol. The quantitative estimate of drug-likeness (QED) is 0.749. The Morgan fingerprint density at radius 2 is 1.81 bits per heavy atom. The van der Waals surface area contributed by atoms with Crippen LogP contribution < -0.4 is 4.74 Å². The summed E-state index contributed by atoms with van der Waals surface area (Å²) >= 11 is 3.71. The summed E-state index contributed by atoms with van der Waals surface area (Å²) in [6.45, 7) is 0. The van der Waals surface area contributed by atoms with Crippen molar-refractivity contribution in [2.24, 2.45) is 0 Å². The number of allylic oxidation sites excluding steroid dienone is 2. The van der Waals surface area contributed by atoms with Crippen molar-refractivity contribution >= 4 is 35.4 Å². The SMILES string of the molecule is COc1ccc(/C=C2/CCC(=C3SCCCS3)C2=O)cc1. The largest absolute Gasteiger partial charge is 0.497 e. The third-order valence-corrected chi connectivity index (χ3v) is 6.38. The Morgan fingerprint density at radius 1 is 1.10 bits per heavy atom. The van der Waals surface area contributed by atoms with Gasteiger partial charge in [-0.2, -0.15) is 0 Å². The van der Waals surface area contributed by atoms with Crippen LogP contribution in [0.25, 0.3) is 6.08 Å². The first-order valence-corrected chi connectivity index (χ1v) is 9.13. The molecule has 2 nitrogen and oxygen atoms in total. The van der Waals surface area contributed by atoms with Crippen molar-refractivity contribution in [1.82, 2.24) is 0 Å². The smallest absolute Gasteiger partial charge is 0.186 e. The molecule has 1 saturated heterocycles. The Morgan fingerprint density at radius 3 is 2.48 bits per heavy atom. The van der Waals surface area contributed by atoms with Crippen LogP contribution in [-0.2, 0) is 4.79 Å². The monoisotopic (exact) mass is 318 g/mol. The lowest BCUT2D eigenvalue weighted by atomic mass is 10.1. The second-order valence-electron chi connectivity index (χ2n) is 5.09. The van der Waals surface area contributed by atoms with Gasteiger partial charge in [-0.05, 0) is 54.5 Å². The zero-order chi connectivity index (χ0) is 14.7. The summed E-state index contributed by atoms with van der Waals surface area (Å²) in [4.78, 5) is 12.6. The molecular formula is C17H18O2S2. The van der Waals surface area contributed by atoms with Crippen molar-refractivity contribution in [1.29, 1.82) is 0 Å². The first-order valence-electron chi connectivity index (χ1n) is 7.16. The summed E-state index contributed by atoms with van der Waals surface area (Å²) in [6, 6.07) is 7.85. The second kappa shape index (κ2) is 6.75. The number of Topliss-reactive ketones (excluding diaryl/α,β-unsaturated/α-hetero) is 1. The van der Waals surface area contributed by atoms with Gasteiger partial charge in [0.15, 0.2) is 5.78 Å². The molecule has 0 amide bonds. The highest BCUT2D eigenvalue weighted by atomic mass is 32.2. The number of benzene rings is 1. The summed E-state index contributed by atoms with van der Waals surface area (Å²) < 4.78 is 6.42. The van der Waals surface area contributed by atoms with Crippen LogP contribution in [0.1, 0.15) is 24.8 Å². The van der Waals surface area contributed by atoms with Gasteiger partial charge in [0.25, 0.3) is 0 Å². The lowest BCUT2D eigenvalue weighted by Crippen LogP contribution is -2.01. The van der Waals surface area contributed by atoms with Crippen LogP contribution in [-0.4, -0.2) is 24.4 Å². The van der Waals surface area contributed by atoms with E-state index in [1.807, 2.05) is 53.9 Å². The van der Waals surface area contributed by atoms with Crippen LogP contribution in [0, 0.1) is 0 Å². The minimum absolute atomic E-state index is 0.253. The fraction of sp³-hybridized carbons (Fsp3) is 0.353. The van der Waals surface area contributed by atoms with E-state index in [0.717, 1.165) is 46.8 Å². The lowest BCUT2D eigenvalue weighted by molar-refractivity contribution is -0.111. The van der Waals surface area contributed by atoms with Crippen molar-refractivity contribution in [3.05, 3.63) is 45.2 Å². The zero-order valence-electron chi connectivity index (χ0n) is 12.1. The molecule has 21 heavy (non-hydrogen) atoms. The van der Waals surface area contributed by atoms with Crippen molar-refractivity contribution in [3.63, 3.8) is 0 Å². The Hall–Kier alpha value is -1.13. The first-order chi connectivity index (χ1) is 10.3. The number of hydrogen-bond acceptors (Lipinski definition) is 4. The number of ether oxygens (including phenoxy) is 1. The number of carbonyl (C=O) groups is 1. The van der Waals surface area contributed by atoms with Crippen LogP contribution in [0.5, 0.6) is 5.75 Å². The van der Waals surface area contributed by atoms with Gasteiger partial charge in [-0.3, -0.25) is 4.79 Å². The topological polar surface area (TPSA) is 26.3 Å². The highest BCUT2D eigenvalue weighted by molar-refractivity contribution is 8.22. The average molecular weight is 318 g/mol. The van der Waals surface area contributed by atoms with E-state index >= 15 is 0 Å². The molecule has 0 atom stereocenters. The number of hydrogen-bond donors (Lipinski definition) is 0. The van der Waals surface area contributed by atoms with E-state index in [4.69, 9.17) is 4.74 Å². The molecule has 0 bridgehead atoms. The zero-order valence-corrected chi connectivity index (χ0v) is 13.7. The van der Waals surface area contributed by atoms with Crippen molar-refractivity contribution in [2.75, 3.05) is 18.6 Å². The molecule has 1 saturated carbocycles. The number of carbonyl (C=O) groups excluding carboxylic acids is 1. The van der Waals surface area contributed by atoms with E-state index in [1.54, 1.807) is 7.11 Å². The third-order valence-electron chi connectivity index (χ3n) is 3.67. The summed E-state index contributed by atoms with van der Waals surface area (Å²) in [5, 5.41) is 0. The molecule has 1 aromatic rings. The second-order valence-corrected chi connectivity index (χ2v) is 7.56. The minimum Gasteiger partial charge on any atom is -0.497 e. The molecule has 0 N–H and O–H groups in total. The van der Waals surface area contributed by atoms with Crippen LogP contribution in [0.15, 0.2) is 39.6 Å². The van der Waals surface area contributed by atoms with Gasteiger partial charge in [-0.15, -0.1) is 23.5 Å². The maximum atomic E-state index is 12.6.